The molecule has 0 saturated heterocycles. The Kier molecular flexibility index (Phi) is 4.04. The molecule has 0 radical (unpaired) electrons. The van der Waals surface area contributed by atoms with Gasteiger partial charge in [0.25, 0.3) is 0 Å². The van der Waals surface area contributed by atoms with E-state index in [0.717, 1.165) is 18.0 Å². The van der Waals surface area contributed by atoms with Crippen LogP contribution in [0.1, 0.15) is 25.4 Å². The minimum atomic E-state index is -0.0632. The summed E-state index contributed by atoms with van der Waals surface area (Å²) in [6, 6.07) is 3.64. The van der Waals surface area contributed by atoms with Gasteiger partial charge in [-0.1, -0.05) is 13.8 Å². The number of hydrogen-bond acceptors (Lipinski definition) is 4. The van der Waals surface area contributed by atoms with E-state index in [9.17, 15) is 0 Å². The van der Waals surface area contributed by atoms with E-state index in [2.05, 4.69) is 24.3 Å². The number of aromatic nitrogens is 2. The summed E-state index contributed by atoms with van der Waals surface area (Å²) in [5, 5.41) is 16.4. The molecule has 2 rings (SSSR count). The molecule has 0 atom stereocenters. The highest BCUT2D eigenvalue weighted by atomic mass is 16.4. The maximum Gasteiger partial charge on any atom is 0.129 e. The van der Waals surface area contributed by atoms with Crippen molar-refractivity contribution in [2.24, 2.45) is 5.92 Å². The van der Waals surface area contributed by atoms with E-state index in [-0.39, 0.29) is 6.61 Å². The van der Waals surface area contributed by atoms with Gasteiger partial charge in [-0.25, -0.2) is 0 Å². The van der Waals surface area contributed by atoms with E-state index >= 15 is 0 Å². The average Bonchev–Trinajstić information content (AvgIpc) is 2.94. The Hall–Kier alpha value is -1.75. The lowest BCUT2D eigenvalue weighted by molar-refractivity contribution is 0.244. The molecule has 0 aliphatic heterocycles. The van der Waals surface area contributed by atoms with Gasteiger partial charge in [0.2, 0.25) is 0 Å². The fourth-order valence-electron chi connectivity index (χ4n) is 1.72. The molecule has 0 bridgehead atoms. The van der Waals surface area contributed by atoms with Gasteiger partial charge in [0, 0.05) is 12.7 Å². The van der Waals surface area contributed by atoms with Crippen LogP contribution in [0.2, 0.25) is 0 Å². The highest BCUT2D eigenvalue weighted by Crippen LogP contribution is 2.12. The molecule has 0 fully saturated rings. The van der Waals surface area contributed by atoms with Crippen molar-refractivity contribution < 1.29 is 9.52 Å². The van der Waals surface area contributed by atoms with Gasteiger partial charge in [-0.2, -0.15) is 5.10 Å². The van der Waals surface area contributed by atoms with Gasteiger partial charge in [0.15, 0.2) is 0 Å². The lowest BCUT2D eigenvalue weighted by Crippen LogP contribution is -2.04. The Balaban J connectivity index is 1.87. The fraction of sp³-hybridized carbons (Fsp3) is 0.462. The van der Waals surface area contributed by atoms with E-state index in [1.165, 1.54) is 0 Å². The first-order valence-electron chi connectivity index (χ1n) is 6.12. The van der Waals surface area contributed by atoms with Crippen molar-refractivity contribution in [3.63, 3.8) is 0 Å². The van der Waals surface area contributed by atoms with E-state index in [1.807, 2.05) is 16.9 Å². The first-order chi connectivity index (χ1) is 8.67. The Bertz CT molecular complexity index is 488. The summed E-state index contributed by atoms with van der Waals surface area (Å²) in [5.41, 5.74) is 0.970. The number of hydrogen-bond donors (Lipinski definition) is 2. The Morgan fingerprint density at radius 2 is 2.17 bits per heavy atom. The van der Waals surface area contributed by atoms with Crippen LogP contribution in [0.25, 0.3) is 0 Å². The van der Waals surface area contributed by atoms with Gasteiger partial charge in [0.05, 0.1) is 18.4 Å². The summed E-state index contributed by atoms with van der Waals surface area (Å²) in [5.74, 6) is 1.97. The number of furan rings is 1. The predicted octanol–water partition coefficient (Wildman–Crippen LogP) is 2.24. The van der Waals surface area contributed by atoms with E-state index in [1.54, 1.807) is 12.3 Å². The summed E-state index contributed by atoms with van der Waals surface area (Å²) in [6.07, 6.45) is 3.79. The average molecular weight is 249 g/mol. The molecule has 98 valence electrons. The maximum absolute atomic E-state index is 8.90. The summed E-state index contributed by atoms with van der Waals surface area (Å²) in [4.78, 5) is 0. The third-order valence-electron chi connectivity index (χ3n) is 2.53. The van der Waals surface area contributed by atoms with Gasteiger partial charge >= 0.3 is 0 Å². The van der Waals surface area contributed by atoms with Gasteiger partial charge in [-0.05, 0) is 18.1 Å². The maximum atomic E-state index is 8.90. The van der Waals surface area contributed by atoms with Crippen molar-refractivity contribution in [2.75, 3.05) is 5.32 Å². The van der Waals surface area contributed by atoms with Crippen LogP contribution in [0.3, 0.4) is 0 Å². The molecule has 0 spiro atoms. The molecule has 0 aromatic carbocycles. The summed E-state index contributed by atoms with van der Waals surface area (Å²) < 4.78 is 7.31. The predicted molar refractivity (Wildman–Crippen MR) is 69.0 cm³/mol. The largest absolute Gasteiger partial charge is 0.462 e. The van der Waals surface area contributed by atoms with Crippen molar-refractivity contribution in [2.45, 2.75) is 33.5 Å². The second-order valence-electron chi connectivity index (χ2n) is 4.72. The minimum Gasteiger partial charge on any atom is -0.462 e. The third kappa shape index (κ3) is 3.37. The van der Waals surface area contributed by atoms with Gasteiger partial charge in [0.1, 0.15) is 18.1 Å². The molecule has 2 heterocycles. The van der Waals surface area contributed by atoms with E-state index in [4.69, 9.17) is 9.52 Å². The molecular formula is C13H19N3O2. The number of aliphatic hydroxyl groups is 1. The lowest BCUT2D eigenvalue weighted by Gasteiger charge is -2.03. The molecule has 0 aliphatic rings. The number of rotatable bonds is 6. The summed E-state index contributed by atoms with van der Waals surface area (Å²) >= 11 is 0. The first-order valence-corrected chi connectivity index (χ1v) is 6.12. The monoisotopic (exact) mass is 249 g/mol. The van der Waals surface area contributed by atoms with Gasteiger partial charge < -0.3 is 14.8 Å². The van der Waals surface area contributed by atoms with Crippen molar-refractivity contribution >= 4 is 5.69 Å². The third-order valence-corrected chi connectivity index (χ3v) is 2.53. The molecule has 0 amide bonds. The Morgan fingerprint density at radius 3 is 2.83 bits per heavy atom. The number of anilines is 1. The van der Waals surface area contributed by atoms with Crippen LogP contribution in [0, 0.1) is 5.92 Å². The minimum absolute atomic E-state index is 0.0632. The van der Waals surface area contributed by atoms with Crippen molar-refractivity contribution in [3.05, 3.63) is 36.0 Å². The highest BCUT2D eigenvalue weighted by Gasteiger charge is 2.03. The van der Waals surface area contributed by atoms with Crippen LogP contribution in [0.4, 0.5) is 5.69 Å². The van der Waals surface area contributed by atoms with Crippen LogP contribution in [0.15, 0.2) is 28.9 Å². The van der Waals surface area contributed by atoms with E-state index < -0.39 is 0 Å². The standard InChI is InChI=1S/C13H19N3O2/c1-10(2)7-16-8-11(5-15-16)14-6-12-3-4-13(9-17)18-12/h3-5,8,10,14,17H,6-7,9H2,1-2H3. The number of nitrogens with zero attached hydrogens (tertiary/aromatic N) is 2. The molecule has 2 aromatic rings. The lowest BCUT2D eigenvalue weighted by atomic mass is 10.2. The molecule has 0 saturated carbocycles. The van der Waals surface area contributed by atoms with Crippen LogP contribution >= 0.6 is 0 Å². The van der Waals surface area contributed by atoms with Gasteiger partial charge in [-0.3, -0.25) is 4.68 Å². The number of aliphatic hydroxyl groups excluding tert-OH is 1. The smallest absolute Gasteiger partial charge is 0.129 e. The van der Waals surface area contributed by atoms with Gasteiger partial charge in [-0.15, -0.1) is 0 Å². The zero-order chi connectivity index (χ0) is 13.0. The van der Waals surface area contributed by atoms with Crippen LogP contribution in [-0.4, -0.2) is 14.9 Å². The van der Waals surface area contributed by atoms with Crippen molar-refractivity contribution in [1.82, 2.24) is 9.78 Å². The van der Waals surface area contributed by atoms with Crippen LogP contribution < -0.4 is 5.32 Å². The molecule has 0 unspecified atom stereocenters. The summed E-state index contributed by atoms with van der Waals surface area (Å²) in [7, 11) is 0. The topological polar surface area (TPSA) is 63.2 Å². The second-order valence-corrected chi connectivity index (χ2v) is 4.72. The first kappa shape index (κ1) is 12.7. The second kappa shape index (κ2) is 5.73. The van der Waals surface area contributed by atoms with E-state index in [0.29, 0.717) is 18.2 Å². The molecule has 18 heavy (non-hydrogen) atoms. The SMILES string of the molecule is CC(C)Cn1cc(NCc2ccc(CO)o2)cn1. The normalized spacial score (nSPS) is 11.1. The quantitative estimate of drug-likeness (QED) is 0.824. The molecular weight excluding hydrogens is 230 g/mol. The van der Waals surface area contributed by atoms with Crippen LogP contribution in [-0.2, 0) is 19.7 Å². The number of nitrogens with one attached hydrogen (secondary N) is 1. The fourth-order valence-corrected chi connectivity index (χ4v) is 1.72. The molecule has 0 aliphatic carbocycles. The molecule has 2 aromatic heterocycles. The van der Waals surface area contributed by atoms with Crippen LogP contribution in [0.5, 0.6) is 0 Å². The molecule has 5 nitrogen and oxygen atoms in total. The molecule has 2 N–H and O–H groups in total. The molecule has 5 heteroatoms. The highest BCUT2D eigenvalue weighted by molar-refractivity contribution is 5.38. The van der Waals surface area contributed by atoms with Crippen molar-refractivity contribution in [3.8, 4) is 0 Å². The summed E-state index contributed by atoms with van der Waals surface area (Å²) in [6.45, 7) is 5.76. The Labute approximate surface area is 106 Å². The van der Waals surface area contributed by atoms with Crippen molar-refractivity contribution in [1.29, 1.82) is 0 Å². The zero-order valence-corrected chi connectivity index (χ0v) is 10.8. The zero-order valence-electron chi connectivity index (χ0n) is 10.8. The Morgan fingerprint density at radius 1 is 1.39 bits per heavy atom.